The summed E-state index contributed by atoms with van der Waals surface area (Å²) >= 11 is 5.19. The zero-order valence-electron chi connectivity index (χ0n) is 10.8. The number of nitrogens with two attached hydrogens (primary N) is 1. The second-order valence-corrected chi connectivity index (χ2v) is 6.89. The van der Waals surface area contributed by atoms with Crippen LogP contribution < -0.4 is 5.73 Å². The number of aryl methyl sites for hydroxylation is 1. The highest BCUT2D eigenvalue weighted by Crippen LogP contribution is 2.32. The van der Waals surface area contributed by atoms with Crippen LogP contribution in [0.5, 0.6) is 0 Å². The number of rotatable bonds is 3. The van der Waals surface area contributed by atoms with Crippen molar-refractivity contribution in [3.63, 3.8) is 0 Å². The molecule has 2 rings (SSSR count). The summed E-state index contributed by atoms with van der Waals surface area (Å²) in [4.78, 5) is 5.94. The van der Waals surface area contributed by atoms with Crippen LogP contribution in [0.25, 0.3) is 11.3 Å². The van der Waals surface area contributed by atoms with Gasteiger partial charge in [-0.05, 0) is 25.0 Å². The van der Waals surface area contributed by atoms with Gasteiger partial charge in [-0.15, -0.1) is 11.3 Å². The SMILES string of the molecule is Cc1sc(C(N)C(C)C)nc1-c1cccc(Br)c1. The van der Waals surface area contributed by atoms with Gasteiger partial charge in [-0.1, -0.05) is 41.9 Å². The van der Waals surface area contributed by atoms with Gasteiger partial charge in [-0.3, -0.25) is 0 Å². The Hall–Kier alpha value is -0.710. The first-order valence-corrected chi connectivity index (χ1v) is 7.59. The smallest absolute Gasteiger partial charge is 0.111 e. The van der Waals surface area contributed by atoms with Crippen molar-refractivity contribution in [2.24, 2.45) is 11.7 Å². The minimum atomic E-state index is 0.0228. The molecule has 0 saturated heterocycles. The Morgan fingerprint density at radius 2 is 2.06 bits per heavy atom. The van der Waals surface area contributed by atoms with Crippen molar-refractivity contribution in [1.29, 1.82) is 0 Å². The lowest BCUT2D eigenvalue weighted by atomic mass is 10.1. The van der Waals surface area contributed by atoms with Gasteiger partial charge in [-0.2, -0.15) is 0 Å². The molecule has 1 heterocycles. The molecule has 1 aromatic heterocycles. The Bertz CT molecular complexity index is 548. The van der Waals surface area contributed by atoms with E-state index in [1.807, 2.05) is 12.1 Å². The fourth-order valence-corrected chi connectivity index (χ4v) is 3.27. The molecular formula is C14H17BrN2S. The summed E-state index contributed by atoms with van der Waals surface area (Å²) in [6, 6.07) is 8.24. The lowest BCUT2D eigenvalue weighted by Crippen LogP contribution is -2.16. The van der Waals surface area contributed by atoms with Gasteiger partial charge in [0.15, 0.2) is 0 Å². The van der Waals surface area contributed by atoms with Gasteiger partial charge in [-0.25, -0.2) is 4.98 Å². The molecule has 18 heavy (non-hydrogen) atoms. The summed E-state index contributed by atoms with van der Waals surface area (Å²) in [5.74, 6) is 0.408. The molecule has 0 aliphatic rings. The Labute approximate surface area is 120 Å². The fraction of sp³-hybridized carbons (Fsp3) is 0.357. The Morgan fingerprint density at radius 1 is 1.33 bits per heavy atom. The van der Waals surface area contributed by atoms with E-state index in [4.69, 9.17) is 10.7 Å². The first-order chi connectivity index (χ1) is 8.49. The normalized spacial score (nSPS) is 13.0. The first-order valence-electron chi connectivity index (χ1n) is 5.98. The molecule has 0 saturated carbocycles. The van der Waals surface area contributed by atoms with E-state index in [1.165, 1.54) is 4.88 Å². The van der Waals surface area contributed by atoms with E-state index in [-0.39, 0.29) is 6.04 Å². The molecule has 2 N–H and O–H groups in total. The van der Waals surface area contributed by atoms with Crippen molar-refractivity contribution in [2.45, 2.75) is 26.8 Å². The zero-order chi connectivity index (χ0) is 13.3. The van der Waals surface area contributed by atoms with Crippen molar-refractivity contribution in [3.05, 3.63) is 38.6 Å². The van der Waals surface area contributed by atoms with Crippen LogP contribution in [0.4, 0.5) is 0 Å². The van der Waals surface area contributed by atoms with Crippen molar-refractivity contribution in [2.75, 3.05) is 0 Å². The van der Waals surface area contributed by atoms with Gasteiger partial charge >= 0.3 is 0 Å². The van der Waals surface area contributed by atoms with Crippen LogP contribution in [0.2, 0.25) is 0 Å². The van der Waals surface area contributed by atoms with E-state index in [9.17, 15) is 0 Å². The third kappa shape index (κ3) is 2.82. The molecule has 0 aliphatic heterocycles. The summed E-state index contributed by atoms with van der Waals surface area (Å²) in [6.45, 7) is 6.35. The molecule has 0 bridgehead atoms. The highest BCUT2D eigenvalue weighted by atomic mass is 79.9. The molecule has 0 fully saturated rings. The zero-order valence-corrected chi connectivity index (χ0v) is 13.2. The van der Waals surface area contributed by atoms with Gasteiger partial charge in [0.05, 0.1) is 11.7 Å². The molecule has 0 amide bonds. The highest BCUT2D eigenvalue weighted by molar-refractivity contribution is 9.10. The van der Waals surface area contributed by atoms with Crippen LogP contribution in [-0.4, -0.2) is 4.98 Å². The molecule has 96 valence electrons. The number of thiazole rings is 1. The molecule has 0 radical (unpaired) electrons. The summed E-state index contributed by atoms with van der Waals surface area (Å²) in [5.41, 5.74) is 8.35. The van der Waals surface area contributed by atoms with Gasteiger partial charge in [0.2, 0.25) is 0 Å². The van der Waals surface area contributed by atoms with E-state index >= 15 is 0 Å². The van der Waals surface area contributed by atoms with E-state index < -0.39 is 0 Å². The van der Waals surface area contributed by atoms with Crippen LogP contribution in [0.3, 0.4) is 0 Å². The number of hydrogen-bond donors (Lipinski definition) is 1. The average molecular weight is 325 g/mol. The molecular weight excluding hydrogens is 308 g/mol. The molecule has 2 nitrogen and oxygen atoms in total. The Kier molecular flexibility index (Phi) is 4.20. The molecule has 1 aromatic carbocycles. The first kappa shape index (κ1) is 13.7. The lowest BCUT2D eigenvalue weighted by molar-refractivity contribution is 0.512. The molecule has 0 spiro atoms. The van der Waals surface area contributed by atoms with Crippen molar-refractivity contribution >= 4 is 27.3 Å². The van der Waals surface area contributed by atoms with E-state index in [0.29, 0.717) is 5.92 Å². The summed E-state index contributed by atoms with van der Waals surface area (Å²) in [7, 11) is 0. The van der Waals surface area contributed by atoms with Crippen LogP contribution in [0.15, 0.2) is 28.7 Å². The topological polar surface area (TPSA) is 38.9 Å². The number of aromatic nitrogens is 1. The van der Waals surface area contributed by atoms with Crippen LogP contribution in [-0.2, 0) is 0 Å². The standard InChI is InChI=1S/C14H17BrN2S/c1-8(2)12(16)14-17-13(9(3)18-14)10-5-4-6-11(15)7-10/h4-8,12H,16H2,1-3H3. The Balaban J connectivity index is 2.41. The maximum absolute atomic E-state index is 6.17. The van der Waals surface area contributed by atoms with E-state index in [2.05, 4.69) is 48.8 Å². The number of benzene rings is 1. The largest absolute Gasteiger partial charge is 0.322 e. The van der Waals surface area contributed by atoms with Gasteiger partial charge < -0.3 is 5.73 Å². The molecule has 1 atom stereocenters. The average Bonchev–Trinajstić information content (AvgIpc) is 2.70. The highest BCUT2D eigenvalue weighted by Gasteiger charge is 2.17. The molecule has 1 unspecified atom stereocenters. The quantitative estimate of drug-likeness (QED) is 0.900. The molecule has 0 aliphatic carbocycles. The molecule has 4 heteroatoms. The van der Waals surface area contributed by atoms with Gasteiger partial charge in [0.25, 0.3) is 0 Å². The fourth-order valence-electron chi connectivity index (χ4n) is 1.75. The predicted octanol–water partition coefficient (Wildman–Crippen LogP) is 4.54. The van der Waals surface area contributed by atoms with Crippen LogP contribution in [0, 0.1) is 12.8 Å². The second kappa shape index (κ2) is 5.51. The monoisotopic (exact) mass is 324 g/mol. The van der Waals surface area contributed by atoms with Gasteiger partial charge in [0, 0.05) is 14.9 Å². The number of halogens is 1. The minimum Gasteiger partial charge on any atom is -0.322 e. The van der Waals surface area contributed by atoms with Crippen molar-refractivity contribution in [3.8, 4) is 11.3 Å². The lowest BCUT2D eigenvalue weighted by Gasteiger charge is -2.11. The third-order valence-electron chi connectivity index (χ3n) is 2.91. The summed E-state index contributed by atoms with van der Waals surface area (Å²) in [5, 5.41) is 1.03. The minimum absolute atomic E-state index is 0.0228. The van der Waals surface area contributed by atoms with Gasteiger partial charge in [0.1, 0.15) is 5.01 Å². The summed E-state index contributed by atoms with van der Waals surface area (Å²) in [6.07, 6.45) is 0. The predicted molar refractivity (Wildman–Crippen MR) is 81.8 cm³/mol. The van der Waals surface area contributed by atoms with Crippen LogP contribution in [0.1, 0.15) is 29.8 Å². The van der Waals surface area contributed by atoms with Crippen LogP contribution >= 0.6 is 27.3 Å². The second-order valence-electron chi connectivity index (χ2n) is 4.74. The number of nitrogens with zero attached hydrogens (tertiary/aromatic N) is 1. The number of hydrogen-bond acceptors (Lipinski definition) is 3. The molecule has 2 aromatic rings. The third-order valence-corrected chi connectivity index (χ3v) is 4.48. The van der Waals surface area contributed by atoms with Crippen molar-refractivity contribution in [1.82, 2.24) is 4.98 Å². The van der Waals surface area contributed by atoms with E-state index in [0.717, 1.165) is 20.7 Å². The van der Waals surface area contributed by atoms with Crippen molar-refractivity contribution < 1.29 is 0 Å². The Morgan fingerprint density at radius 3 is 2.67 bits per heavy atom. The maximum Gasteiger partial charge on any atom is 0.111 e. The summed E-state index contributed by atoms with van der Waals surface area (Å²) < 4.78 is 1.07. The van der Waals surface area contributed by atoms with E-state index in [1.54, 1.807) is 11.3 Å². The maximum atomic E-state index is 6.17.